The third-order valence-electron chi connectivity index (χ3n) is 6.40. The number of H-pyrrole nitrogens is 1. The zero-order valence-electron chi connectivity index (χ0n) is 16.7. The minimum atomic E-state index is -0.923. The average molecular weight is 406 g/mol. The summed E-state index contributed by atoms with van der Waals surface area (Å²) in [6, 6.07) is 8.26. The van der Waals surface area contributed by atoms with Crippen molar-refractivity contribution in [1.29, 1.82) is 0 Å². The largest absolute Gasteiger partial charge is 0.478 e. The molecule has 0 amide bonds. The summed E-state index contributed by atoms with van der Waals surface area (Å²) in [4.78, 5) is 22.4. The van der Waals surface area contributed by atoms with Crippen LogP contribution in [-0.2, 0) is 18.3 Å². The maximum Gasteiger partial charge on any atom is 0.337 e. The fourth-order valence-corrected chi connectivity index (χ4v) is 5.01. The van der Waals surface area contributed by atoms with Crippen molar-refractivity contribution in [3.63, 3.8) is 0 Å². The van der Waals surface area contributed by atoms with Crippen LogP contribution in [0.25, 0.3) is 22.5 Å². The number of likely N-dealkylation sites (N-methyl/N-ethyl adjacent to an activating group) is 1. The fraction of sp³-hybridized carbons (Fsp3) is 0.304. The quantitative estimate of drug-likeness (QED) is 0.619. The van der Waals surface area contributed by atoms with E-state index in [2.05, 4.69) is 14.9 Å². The van der Waals surface area contributed by atoms with E-state index in [1.165, 1.54) is 12.1 Å². The first-order valence-corrected chi connectivity index (χ1v) is 10.0. The van der Waals surface area contributed by atoms with Gasteiger partial charge < -0.3 is 20.7 Å². The second-order valence-electron chi connectivity index (χ2n) is 8.43. The lowest BCUT2D eigenvalue weighted by Crippen LogP contribution is -2.61. The number of halogens is 1. The molecule has 0 radical (unpaired) electrons. The topological polar surface area (TPSA) is 95.2 Å². The predicted octanol–water partition coefficient (Wildman–Crippen LogP) is 2.82. The van der Waals surface area contributed by atoms with Gasteiger partial charge in [0.2, 0.25) is 0 Å². The number of aromatic nitrogens is 2. The zero-order valence-corrected chi connectivity index (χ0v) is 16.7. The molecule has 6 nitrogen and oxygen atoms in total. The Bertz CT molecular complexity index is 1160. The zero-order chi connectivity index (χ0) is 21.0. The van der Waals surface area contributed by atoms with E-state index in [4.69, 9.17) is 5.73 Å². The van der Waals surface area contributed by atoms with Gasteiger partial charge in [0, 0.05) is 48.1 Å². The first kappa shape index (κ1) is 19.0. The number of nitrogens with two attached hydrogens (primary N) is 1. The van der Waals surface area contributed by atoms with Gasteiger partial charge in [-0.1, -0.05) is 12.1 Å². The number of rotatable bonds is 4. The molecule has 2 aromatic heterocycles. The maximum atomic E-state index is 13.7. The van der Waals surface area contributed by atoms with Gasteiger partial charge in [0.25, 0.3) is 0 Å². The number of carboxylic acid groups (broad SMARTS) is 1. The standard InChI is InChI=1S/C23H23FN4O2/c1-28-11-23(10-25,12-28)21-19(22(29)30)16-6-5-14-9-26-18(8-17(14)20(16)27-21)13-3-2-4-15(24)7-13/h2-4,7-9,27H,5-6,10-12,25H2,1H3,(H,29,30). The SMILES string of the molecule is CN1CC(CN)(c2[nH]c3c(c2C(=O)O)CCc2cnc(-c4cccc(F)c4)cc2-3)C1. The van der Waals surface area contributed by atoms with E-state index in [9.17, 15) is 14.3 Å². The molecule has 30 heavy (non-hydrogen) atoms. The van der Waals surface area contributed by atoms with Gasteiger partial charge in [-0.2, -0.15) is 0 Å². The molecule has 4 N–H and O–H groups in total. The second kappa shape index (κ2) is 6.75. The Morgan fingerprint density at radius 1 is 1.33 bits per heavy atom. The van der Waals surface area contributed by atoms with Crippen molar-refractivity contribution in [2.45, 2.75) is 18.3 Å². The summed E-state index contributed by atoms with van der Waals surface area (Å²) in [7, 11) is 2.00. The van der Waals surface area contributed by atoms with Crippen LogP contribution >= 0.6 is 0 Å². The van der Waals surface area contributed by atoms with E-state index in [-0.39, 0.29) is 11.2 Å². The molecule has 7 heteroatoms. The Kier molecular flexibility index (Phi) is 4.27. The molecule has 5 rings (SSSR count). The Hall–Kier alpha value is -3.03. The molecule has 1 saturated heterocycles. The molecule has 1 aromatic carbocycles. The van der Waals surface area contributed by atoms with Crippen molar-refractivity contribution in [2.75, 3.05) is 26.7 Å². The first-order valence-electron chi connectivity index (χ1n) is 10.0. The number of aryl methyl sites for hydroxylation is 1. The predicted molar refractivity (Wildman–Crippen MR) is 112 cm³/mol. The van der Waals surface area contributed by atoms with Crippen LogP contribution in [0.15, 0.2) is 36.5 Å². The Morgan fingerprint density at radius 3 is 2.80 bits per heavy atom. The monoisotopic (exact) mass is 406 g/mol. The van der Waals surface area contributed by atoms with Crippen molar-refractivity contribution in [2.24, 2.45) is 5.73 Å². The van der Waals surface area contributed by atoms with Crippen LogP contribution in [0.2, 0.25) is 0 Å². The molecule has 2 aliphatic rings. The number of likely N-dealkylation sites (tertiary alicyclic amines) is 1. The number of carboxylic acids is 1. The van der Waals surface area contributed by atoms with E-state index in [0.29, 0.717) is 36.2 Å². The van der Waals surface area contributed by atoms with Gasteiger partial charge >= 0.3 is 5.97 Å². The molecule has 1 fully saturated rings. The summed E-state index contributed by atoms with van der Waals surface area (Å²) in [5.41, 5.74) is 11.8. The third-order valence-corrected chi connectivity index (χ3v) is 6.40. The van der Waals surface area contributed by atoms with E-state index >= 15 is 0 Å². The van der Waals surface area contributed by atoms with E-state index in [1.807, 2.05) is 25.4 Å². The van der Waals surface area contributed by atoms with Crippen LogP contribution < -0.4 is 5.73 Å². The van der Waals surface area contributed by atoms with Gasteiger partial charge in [0.05, 0.1) is 17.0 Å². The Labute approximate surface area is 173 Å². The Balaban J connectivity index is 1.68. The lowest BCUT2D eigenvalue weighted by Gasteiger charge is -2.48. The van der Waals surface area contributed by atoms with Gasteiger partial charge in [-0.05, 0) is 49.2 Å². The minimum Gasteiger partial charge on any atom is -0.478 e. The molecule has 0 atom stereocenters. The van der Waals surface area contributed by atoms with Crippen molar-refractivity contribution in [3.8, 4) is 22.5 Å². The van der Waals surface area contributed by atoms with Crippen LogP contribution in [-0.4, -0.2) is 52.6 Å². The number of hydrogen-bond acceptors (Lipinski definition) is 4. The number of nitrogens with zero attached hydrogens (tertiary/aromatic N) is 2. The van der Waals surface area contributed by atoms with Crippen molar-refractivity contribution >= 4 is 5.97 Å². The summed E-state index contributed by atoms with van der Waals surface area (Å²) >= 11 is 0. The lowest BCUT2D eigenvalue weighted by atomic mass is 9.75. The second-order valence-corrected chi connectivity index (χ2v) is 8.43. The molecular weight excluding hydrogens is 383 g/mol. The number of carbonyl (C=O) groups is 1. The van der Waals surface area contributed by atoms with E-state index in [1.54, 1.807) is 6.07 Å². The summed E-state index contributed by atoms with van der Waals surface area (Å²) < 4.78 is 13.7. The maximum absolute atomic E-state index is 13.7. The molecule has 3 heterocycles. The summed E-state index contributed by atoms with van der Waals surface area (Å²) in [6.45, 7) is 1.83. The van der Waals surface area contributed by atoms with Crippen molar-refractivity contribution in [1.82, 2.24) is 14.9 Å². The van der Waals surface area contributed by atoms with Crippen LogP contribution in [0.1, 0.15) is 27.2 Å². The van der Waals surface area contributed by atoms with Crippen LogP contribution in [0, 0.1) is 5.82 Å². The fourth-order valence-electron chi connectivity index (χ4n) is 5.01. The molecule has 1 aliphatic heterocycles. The number of pyridine rings is 1. The van der Waals surface area contributed by atoms with Crippen molar-refractivity contribution in [3.05, 3.63) is 64.7 Å². The van der Waals surface area contributed by atoms with Crippen LogP contribution in [0.4, 0.5) is 4.39 Å². The molecule has 154 valence electrons. The normalized spacial score (nSPS) is 17.2. The molecule has 0 unspecified atom stereocenters. The van der Waals surface area contributed by atoms with E-state index in [0.717, 1.165) is 41.2 Å². The first-order chi connectivity index (χ1) is 14.4. The number of nitrogens with one attached hydrogen (secondary N) is 1. The number of hydrogen-bond donors (Lipinski definition) is 3. The highest BCUT2D eigenvalue weighted by Crippen LogP contribution is 2.43. The van der Waals surface area contributed by atoms with Crippen LogP contribution in [0.3, 0.4) is 0 Å². The van der Waals surface area contributed by atoms with E-state index < -0.39 is 5.97 Å². The van der Waals surface area contributed by atoms with Gasteiger partial charge in [-0.3, -0.25) is 4.98 Å². The smallest absolute Gasteiger partial charge is 0.337 e. The molecular formula is C23H23FN4O2. The van der Waals surface area contributed by atoms with Crippen molar-refractivity contribution < 1.29 is 14.3 Å². The number of aromatic carboxylic acids is 1. The van der Waals surface area contributed by atoms with Gasteiger partial charge in [-0.25, -0.2) is 9.18 Å². The third kappa shape index (κ3) is 2.77. The number of fused-ring (bicyclic) bond motifs is 3. The molecule has 0 spiro atoms. The Morgan fingerprint density at radius 2 is 2.13 bits per heavy atom. The minimum absolute atomic E-state index is 0.318. The summed E-state index contributed by atoms with van der Waals surface area (Å²) in [5.74, 6) is -1.24. The average Bonchev–Trinajstić information content (AvgIpc) is 3.11. The highest BCUT2D eigenvalue weighted by atomic mass is 19.1. The van der Waals surface area contributed by atoms with Gasteiger partial charge in [-0.15, -0.1) is 0 Å². The molecule has 0 saturated carbocycles. The number of benzene rings is 1. The summed E-state index contributed by atoms with van der Waals surface area (Å²) in [6.07, 6.45) is 3.17. The van der Waals surface area contributed by atoms with Gasteiger partial charge in [0.1, 0.15) is 5.82 Å². The molecule has 1 aliphatic carbocycles. The summed E-state index contributed by atoms with van der Waals surface area (Å²) in [5, 5.41) is 10.0. The molecule has 0 bridgehead atoms. The molecule has 3 aromatic rings. The highest BCUT2D eigenvalue weighted by Gasteiger charge is 2.46. The van der Waals surface area contributed by atoms with Crippen LogP contribution in [0.5, 0.6) is 0 Å². The lowest BCUT2D eigenvalue weighted by molar-refractivity contribution is 0.0672. The van der Waals surface area contributed by atoms with Gasteiger partial charge in [0.15, 0.2) is 0 Å². The highest BCUT2D eigenvalue weighted by molar-refractivity contribution is 5.95. The number of aromatic amines is 1.